The van der Waals surface area contributed by atoms with Crippen molar-refractivity contribution >= 4 is 17.2 Å². The molecule has 20 heavy (non-hydrogen) atoms. The molecule has 0 unspecified atom stereocenters. The van der Waals surface area contributed by atoms with Crippen LogP contribution in [0.25, 0.3) is 5.57 Å². The molecule has 0 spiro atoms. The summed E-state index contributed by atoms with van der Waals surface area (Å²) >= 11 is 5.71. The third-order valence-corrected chi connectivity index (χ3v) is 3.63. The number of alkyl halides is 1. The van der Waals surface area contributed by atoms with E-state index in [-0.39, 0.29) is 5.82 Å². The standard InChI is InChI=1S/C16H20ClFN2/c17-7-1-2-8-20-11-13(10-19)9-15(12-20)14-3-5-16(18)6-4-14/h3-6,9,11H,1-2,7-8,10,12,19H2. The molecule has 0 aliphatic carbocycles. The lowest BCUT2D eigenvalue weighted by Crippen LogP contribution is -2.25. The Hall–Kier alpha value is -1.32. The maximum Gasteiger partial charge on any atom is 0.123 e. The zero-order chi connectivity index (χ0) is 14.4. The number of halogens is 2. The average molecular weight is 295 g/mol. The van der Waals surface area contributed by atoms with Crippen LogP contribution in [0.4, 0.5) is 4.39 Å². The molecule has 0 bridgehead atoms. The highest BCUT2D eigenvalue weighted by atomic mass is 35.5. The highest BCUT2D eigenvalue weighted by molar-refractivity contribution is 6.17. The molecular weight excluding hydrogens is 275 g/mol. The minimum absolute atomic E-state index is 0.210. The highest BCUT2D eigenvalue weighted by Crippen LogP contribution is 2.23. The first-order chi connectivity index (χ1) is 9.72. The zero-order valence-electron chi connectivity index (χ0n) is 11.5. The Balaban J connectivity index is 2.11. The minimum Gasteiger partial charge on any atom is -0.373 e. The van der Waals surface area contributed by atoms with E-state index in [1.165, 1.54) is 17.7 Å². The second-order valence-electron chi connectivity index (χ2n) is 4.95. The first-order valence-corrected chi connectivity index (χ1v) is 7.43. The predicted molar refractivity (Wildman–Crippen MR) is 83.0 cm³/mol. The molecule has 1 aromatic carbocycles. The van der Waals surface area contributed by atoms with Crippen molar-refractivity contribution in [3.63, 3.8) is 0 Å². The molecule has 2 N–H and O–H groups in total. The van der Waals surface area contributed by atoms with Crippen molar-refractivity contribution < 1.29 is 4.39 Å². The monoisotopic (exact) mass is 294 g/mol. The van der Waals surface area contributed by atoms with Gasteiger partial charge in [-0.2, -0.15) is 0 Å². The van der Waals surface area contributed by atoms with Crippen molar-refractivity contribution in [1.82, 2.24) is 4.90 Å². The lowest BCUT2D eigenvalue weighted by Gasteiger charge is -2.27. The van der Waals surface area contributed by atoms with Gasteiger partial charge in [0.25, 0.3) is 0 Å². The number of benzene rings is 1. The quantitative estimate of drug-likeness (QED) is 0.644. The second-order valence-corrected chi connectivity index (χ2v) is 5.33. The summed E-state index contributed by atoms with van der Waals surface area (Å²) in [4.78, 5) is 2.26. The molecule has 1 aromatic rings. The molecule has 0 radical (unpaired) electrons. The van der Waals surface area contributed by atoms with Crippen LogP contribution >= 0.6 is 11.6 Å². The average Bonchev–Trinajstić information content (AvgIpc) is 2.48. The number of hydrogen-bond acceptors (Lipinski definition) is 2. The summed E-state index contributed by atoms with van der Waals surface area (Å²) in [5.41, 5.74) is 9.09. The van der Waals surface area contributed by atoms with Gasteiger partial charge in [0, 0.05) is 31.7 Å². The van der Waals surface area contributed by atoms with Gasteiger partial charge in [0.05, 0.1) is 0 Å². The fourth-order valence-electron chi connectivity index (χ4n) is 2.31. The van der Waals surface area contributed by atoms with Gasteiger partial charge < -0.3 is 10.6 Å². The number of hydrogen-bond donors (Lipinski definition) is 1. The van der Waals surface area contributed by atoms with Crippen LogP contribution < -0.4 is 5.73 Å². The van der Waals surface area contributed by atoms with E-state index in [0.29, 0.717) is 12.4 Å². The van der Waals surface area contributed by atoms with Crippen LogP contribution in [0.1, 0.15) is 18.4 Å². The summed E-state index contributed by atoms with van der Waals surface area (Å²) in [6, 6.07) is 6.62. The fourth-order valence-corrected chi connectivity index (χ4v) is 2.50. The summed E-state index contributed by atoms with van der Waals surface area (Å²) in [5.74, 6) is 0.487. The van der Waals surface area contributed by atoms with Crippen molar-refractivity contribution in [1.29, 1.82) is 0 Å². The van der Waals surface area contributed by atoms with Crippen molar-refractivity contribution in [3.8, 4) is 0 Å². The van der Waals surface area contributed by atoms with Crippen LogP contribution in [0, 0.1) is 5.82 Å². The minimum atomic E-state index is -0.210. The Labute approximate surface area is 124 Å². The molecule has 0 atom stereocenters. The van der Waals surface area contributed by atoms with Gasteiger partial charge in [0.1, 0.15) is 5.82 Å². The third-order valence-electron chi connectivity index (χ3n) is 3.36. The maximum absolute atomic E-state index is 13.0. The predicted octanol–water partition coefficient (Wildman–Crippen LogP) is 3.39. The number of unbranched alkanes of at least 4 members (excludes halogenated alkanes) is 1. The molecular formula is C16H20ClFN2. The lowest BCUT2D eigenvalue weighted by atomic mass is 10.00. The fraction of sp³-hybridized carbons (Fsp3) is 0.375. The normalized spacial score (nSPS) is 15.1. The van der Waals surface area contributed by atoms with Crippen LogP contribution in [0.2, 0.25) is 0 Å². The molecule has 0 amide bonds. The van der Waals surface area contributed by atoms with E-state index in [1.807, 2.05) is 12.1 Å². The van der Waals surface area contributed by atoms with Gasteiger partial charge in [-0.1, -0.05) is 18.2 Å². The van der Waals surface area contributed by atoms with Crippen molar-refractivity contribution in [2.24, 2.45) is 5.73 Å². The van der Waals surface area contributed by atoms with Crippen LogP contribution in [0.15, 0.2) is 42.1 Å². The molecule has 4 heteroatoms. The van der Waals surface area contributed by atoms with Crippen molar-refractivity contribution in [2.75, 3.05) is 25.5 Å². The van der Waals surface area contributed by atoms with Crippen LogP contribution in [0.3, 0.4) is 0 Å². The van der Waals surface area contributed by atoms with E-state index < -0.39 is 0 Å². The van der Waals surface area contributed by atoms with Gasteiger partial charge in [-0.3, -0.25) is 0 Å². The summed E-state index contributed by atoms with van der Waals surface area (Å²) in [7, 11) is 0. The molecule has 1 heterocycles. The molecule has 108 valence electrons. The molecule has 0 aromatic heterocycles. The highest BCUT2D eigenvalue weighted by Gasteiger charge is 2.13. The summed E-state index contributed by atoms with van der Waals surface area (Å²) < 4.78 is 13.0. The largest absolute Gasteiger partial charge is 0.373 e. The number of rotatable bonds is 6. The Bertz CT molecular complexity index is 494. The SMILES string of the molecule is NCC1=CN(CCCCCl)CC(c2ccc(F)cc2)=C1. The Morgan fingerprint density at radius 1 is 1.20 bits per heavy atom. The van der Waals surface area contributed by atoms with E-state index in [1.54, 1.807) is 0 Å². The Morgan fingerprint density at radius 2 is 1.95 bits per heavy atom. The maximum atomic E-state index is 13.0. The summed E-state index contributed by atoms with van der Waals surface area (Å²) in [6.45, 7) is 2.31. The van der Waals surface area contributed by atoms with E-state index in [0.717, 1.165) is 37.1 Å². The second kappa shape index (κ2) is 7.46. The van der Waals surface area contributed by atoms with Crippen LogP contribution in [-0.2, 0) is 0 Å². The smallest absolute Gasteiger partial charge is 0.123 e. The molecule has 0 saturated heterocycles. The molecule has 2 rings (SSSR count). The summed E-state index contributed by atoms with van der Waals surface area (Å²) in [6.07, 6.45) is 6.29. The van der Waals surface area contributed by atoms with E-state index in [4.69, 9.17) is 17.3 Å². The lowest BCUT2D eigenvalue weighted by molar-refractivity contribution is 0.403. The van der Waals surface area contributed by atoms with E-state index in [9.17, 15) is 4.39 Å². The molecule has 2 nitrogen and oxygen atoms in total. The van der Waals surface area contributed by atoms with E-state index >= 15 is 0 Å². The molecule has 0 fully saturated rings. The van der Waals surface area contributed by atoms with Gasteiger partial charge in [-0.05, 0) is 41.7 Å². The van der Waals surface area contributed by atoms with E-state index in [2.05, 4.69) is 17.2 Å². The van der Waals surface area contributed by atoms with Crippen LogP contribution in [0.5, 0.6) is 0 Å². The molecule has 1 aliphatic rings. The van der Waals surface area contributed by atoms with Gasteiger partial charge in [0.2, 0.25) is 0 Å². The number of nitrogens with two attached hydrogens (primary N) is 1. The van der Waals surface area contributed by atoms with Gasteiger partial charge in [-0.25, -0.2) is 4.39 Å². The van der Waals surface area contributed by atoms with Crippen LogP contribution in [-0.4, -0.2) is 30.4 Å². The number of nitrogens with zero attached hydrogens (tertiary/aromatic N) is 1. The van der Waals surface area contributed by atoms with Gasteiger partial charge in [-0.15, -0.1) is 11.6 Å². The Morgan fingerprint density at radius 3 is 2.60 bits per heavy atom. The van der Waals surface area contributed by atoms with Crippen molar-refractivity contribution in [3.05, 3.63) is 53.5 Å². The topological polar surface area (TPSA) is 29.3 Å². The van der Waals surface area contributed by atoms with Gasteiger partial charge >= 0.3 is 0 Å². The van der Waals surface area contributed by atoms with Gasteiger partial charge in [0.15, 0.2) is 0 Å². The molecule has 0 saturated carbocycles. The summed E-state index contributed by atoms with van der Waals surface area (Å²) in [5, 5.41) is 0. The zero-order valence-corrected chi connectivity index (χ0v) is 12.2. The first-order valence-electron chi connectivity index (χ1n) is 6.90. The Kier molecular flexibility index (Phi) is 5.62. The first kappa shape index (κ1) is 15.1. The third kappa shape index (κ3) is 4.09. The molecule has 1 aliphatic heterocycles. The van der Waals surface area contributed by atoms with Crippen molar-refractivity contribution in [2.45, 2.75) is 12.8 Å².